The normalized spacial score (nSPS) is 16.2. The molecule has 0 fully saturated rings. The zero-order chi connectivity index (χ0) is 19.5. The standard InChI is InChI=1S/C22H25NO5/c1-14(2)21(15-4-6-17-19(12-15)26-9-3-8-25-17)23-22(24)16-5-7-18-20(13-16)28-11-10-27-18/h4-7,12-14,21H,3,8-11H2,1-2H3,(H,23,24)/t21-/m0/s1. The number of hydrogen-bond donors (Lipinski definition) is 1. The van der Waals surface area contributed by atoms with Gasteiger partial charge in [0.05, 0.1) is 19.3 Å². The van der Waals surface area contributed by atoms with E-state index in [1.54, 1.807) is 18.2 Å². The number of benzene rings is 2. The van der Waals surface area contributed by atoms with Crippen LogP contribution in [0.3, 0.4) is 0 Å². The SMILES string of the molecule is CC(C)[C@H](NC(=O)c1ccc2c(c1)OCCO2)c1ccc2c(c1)OCCCO2. The van der Waals surface area contributed by atoms with Gasteiger partial charge in [-0.2, -0.15) is 0 Å². The molecule has 0 radical (unpaired) electrons. The van der Waals surface area contributed by atoms with Gasteiger partial charge in [0, 0.05) is 12.0 Å². The lowest BCUT2D eigenvalue weighted by atomic mass is 9.95. The number of amides is 1. The molecule has 28 heavy (non-hydrogen) atoms. The van der Waals surface area contributed by atoms with Gasteiger partial charge < -0.3 is 24.3 Å². The first kappa shape index (κ1) is 18.5. The van der Waals surface area contributed by atoms with Gasteiger partial charge in [-0.25, -0.2) is 0 Å². The van der Waals surface area contributed by atoms with Crippen molar-refractivity contribution >= 4 is 5.91 Å². The monoisotopic (exact) mass is 383 g/mol. The van der Waals surface area contributed by atoms with Crippen LogP contribution in [0.5, 0.6) is 23.0 Å². The Hall–Kier alpha value is -2.89. The van der Waals surface area contributed by atoms with Gasteiger partial charge in [0.25, 0.3) is 5.91 Å². The lowest BCUT2D eigenvalue weighted by Gasteiger charge is -2.24. The molecule has 6 heteroatoms. The van der Waals surface area contributed by atoms with Gasteiger partial charge in [0.2, 0.25) is 0 Å². The van der Waals surface area contributed by atoms with E-state index in [1.165, 1.54) is 0 Å². The molecule has 0 aliphatic carbocycles. The van der Waals surface area contributed by atoms with Crippen molar-refractivity contribution < 1.29 is 23.7 Å². The molecule has 1 N–H and O–H groups in total. The van der Waals surface area contributed by atoms with E-state index < -0.39 is 0 Å². The van der Waals surface area contributed by atoms with E-state index in [1.807, 2.05) is 18.2 Å². The van der Waals surface area contributed by atoms with Crippen molar-refractivity contribution in [3.63, 3.8) is 0 Å². The van der Waals surface area contributed by atoms with Crippen molar-refractivity contribution in [2.75, 3.05) is 26.4 Å². The summed E-state index contributed by atoms with van der Waals surface area (Å²) < 4.78 is 22.6. The molecule has 0 bridgehead atoms. The first-order valence-electron chi connectivity index (χ1n) is 9.72. The van der Waals surface area contributed by atoms with Gasteiger partial charge in [-0.1, -0.05) is 19.9 Å². The van der Waals surface area contributed by atoms with Crippen molar-refractivity contribution in [2.45, 2.75) is 26.3 Å². The third-order valence-electron chi connectivity index (χ3n) is 4.89. The lowest BCUT2D eigenvalue weighted by Crippen LogP contribution is -2.32. The van der Waals surface area contributed by atoms with Crippen LogP contribution in [0, 0.1) is 5.92 Å². The molecule has 2 aromatic carbocycles. The molecule has 0 aromatic heterocycles. The number of nitrogens with one attached hydrogen (secondary N) is 1. The van der Waals surface area contributed by atoms with Crippen LogP contribution in [0.1, 0.15) is 42.2 Å². The first-order chi connectivity index (χ1) is 13.6. The molecular formula is C22H25NO5. The van der Waals surface area contributed by atoms with Gasteiger partial charge in [0.1, 0.15) is 13.2 Å². The minimum absolute atomic E-state index is 0.150. The van der Waals surface area contributed by atoms with Gasteiger partial charge in [-0.05, 0) is 41.8 Å². The number of rotatable bonds is 4. The van der Waals surface area contributed by atoms with E-state index in [2.05, 4.69) is 19.2 Å². The molecule has 0 unspecified atom stereocenters. The highest BCUT2D eigenvalue weighted by atomic mass is 16.6. The maximum absolute atomic E-state index is 12.9. The Balaban J connectivity index is 1.55. The van der Waals surface area contributed by atoms with Gasteiger partial charge in [-0.3, -0.25) is 4.79 Å². The van der Waals surface area contributed by atoms with Gasteiger partial charge in [-0.15, -0.1) is 0 Å². The Morgan fingerprint density at radius 1 is 0.821 bits per heavy atom. The highest BCUT2D eigenvalue weighted by molar-refractivity contribution is 5.95. The summed E-state index contributed by atoms with van der Waals surface area (Å²) in [6, 6.07) is 11.0. The Bertz CT molecular complexity index is 864. The van der Waals surface area contributed by atoms with E-state index in [0.29, 0.717) is 43.5 Å². The average molecular weight is 383 g/mol. The van der Waals surface area contributed by atoms with Crippen molar-refractivity contribution in [1.82, 2.24) is 5.32 Å². The molecule has 2 aliphatic rings. The second-order valence-corrected chi connectivity index (χ2v) is 7.31. The molecule has 6 nitrogen and oxygen atoms in total. The smallest absolute Gasteiger partial charge is 0.251 e. The van der Waals surface area contributed by atoms with E-state index in [4.69, 9.17) is 18.9 Å². The van der Waals surface area contributed by atoms with Crippen LogP contribution in [0.4, 0.5) is 0 Å². The van der Waals surface area contributed by atoms with Crippen LogP contribution in [0.25, 0.3) is 0 Å². The Morgan fingerprint density at radius 3 is 2.18 bits per heavy atom. The van der Waals surface area contributed by atoms with Gasteiger partial charge >= 0.3 is 0 Å². The molecular weight excluding hydrogens is 358 g/mol. The third kappa shape index (κ3) is 3.86. The predicted octanol–water partition coefficient (Wildman–Crippen LogP) is 3.75. The highest BCUT2D eigenvalue weighted by Crippen LogP contribution is 2.35. The molecule has 2 aliphatic heterocycles. The lowest BCUT2D eigenvalue weighted by molar-refractivity contribution is 0.0924. The van der Waals surface area contributed by atoms with E-state index in [9.17, 15) is 4.79 Å². The zero-order valence-electron chi connectivity index (χ0n) is 16.2. The largest absolute Gasteiger partial charge is 0.490 e. The summed E-state index contributed by atoms with van der Waals surface area (Å²) in [5.41, 5.74) is 1.54. The van der Waals surface area contributed by atoms with Crippen LogP contribution < -0.4 is 24.3 Å². The van der Waals surface area contributed by atoms with Crippen LogP contribution in [0.2, 0.25) is 0 Å². The summed E-state index contributed by atoms with van der Waals surface area (Å²) in [4.78, 5) is 12.9. The Morgan fingerprint density at radius 2 is 1.43 bits per heavy atom. The van der Waals surface area contributed by atoms with E-state index >= 15 is 0 Å². The molecule has 0 saturated heterocycles. The van der Waals surface area contributed by atoms with Crippen molar-refractivity contribution in [1.29, 1.82) is 0 Å². The molecule has 0 spiro atoms. The quantitative estimate of drug-likeness (QED) is 0.871. The Labute approximate surface area is 164 Å². The van der Waals surface area contributed by atoms with Crippen LogP contribution in [-0.2, 0) is 0 Å². The fourth-order valence-corrected chi connectivity index (χ4v) is 3.42. The van der Waals surface area contributed by atoms with Crippen molar-refractivity contribution in [3.8, 4) is 23.0 Å². The molecule has 148 valence electrons. The zero-order valence-corrected chi connectivity index (χ0v) is 16.2. The van der Waals surface area contributed by atoms with Crippen molar-refractivity contribution in [3.05, 3.63) is 47.5 Å². The first-order valence-corrected chi connectivity index (χ1v) is 9.72. The molecule has 1 amide bonds. The van der Waals surface area contributed by atoms with Crippen molar-refractivity contribution in [2.24, 2.45) is 5.92 Å². The van der Waals surface area contributed by atoms with Crippen LogP contribution in [-0.4, -0.2) is 32.3 Å². The summed E-state index contributed by atoms with van der Waals surface area (Å²) in [5, 5.41) is 3.15. The summed E-state index contributed by atoms with van der Waals surface area (Å²) in [5.74, 6) is 2.81. The number of carbonyl (C=O) groups is 1. The Kier molecular flexibility index (Phi) is 5.28. The molecule has 1 atom stereocenters. The topological polar surface area (TPSA) is 66.0 Å². The highest BCUT2D eigenvalue weighted by Gasteiger charge is 2.23. The molecule has 2 aromatic rings. The predicted molar refractivity (Wildman–Crippen MR) is 105 cm³/mol. The van der Waals surface area contributed by atoms with Crippen LogP contribution >= 0.6 is 0 Å². The molecule has 2 heterocycles. The molecule has 0 saturated carbocycles. The van der Waals surface area contributed by atoms with Crippen LogP contribution in [0.15, 0.2) is 36.4 Å². The second-order valence-electron chi connectivity index (χ2n) is 7.31. The van der Waals surface area contributed by atoms with E-state index in [0.717, 1.165) is 23.5 Å². The van der Waals surface area contributed by atoms with Gasteiger partial charge in [0.15, 0.2) is 23.0 Å². The minimum atomic E-state index is -0.155. The second kappa shape index (κ2) is 8.00. The third-order valence-corrected chi connectivity index (χ3v) is 4.89. The fraction of sp³-hybridized carbons (Fsp3) is 0.409. The summed E-state index contributed by atoms with van der Waals surface area (Å²) >= 11 is 0. The number of carbonyl (C=O) groups excluding carboxylic acids is 1. The molecule has 4 rings (SSSR count). The minimum Gasteiger partial charge on any atom is -0.490 e. The summed E-state index contributed by atoms with van der Waals surface area (Å²) in [7, 11) is 0. The summed E-state index contributed by atoms with van der Waals surface area (Å²) in [6.07, 6.45) is 0.860. The van der Waals surface area contributed by atoms with E-state index in [-0.39, 0.29) is 17.9 Å². The number of ether oxygens (including phenoxy) is 4. The maximum atomic E-state index is 12.9. The fourth-order valence-electron chi connectivity index (χ4n) is 3.42. The summed E-state index contributed by atoms with van der Waals surface area (Å²) in [6.45, 7) is 6.46. The number of hydrogen-bond acceptors (Lipinski definition) is 5. The number of fused-ring (bicyclic) bond motifs is 2. The maximum Gasteiger partial charge on any atom is 0.251 e. The average Bonchev–Trinajstić information content (AvgIpc) is 2.96.